The minimum Gasteiger partial charge on any atom is -0.450 e. The Bertz CT molecular complexity index is 665. The number of aliphatic hydroxyl groups excluding tert-OH is 1. The number of aromatic nitrogens is 2. The molecule has 12 nitrogen and oxygen atoms in total. The highest BCUT2D eigenvalue weighted by Gasteiger charge is 2.47. The molecule has 0 saturated carbocycles. The van der Waals surface area contributed by atoms with Crippen LogP contribution in [-0.2, 0) is 18.6 Å². The zero-order chi connectivity index (χ0) is 17.1. The molecule has 1 fully saturated rings. The minimum atomic E-state index is -3.46. The van der Waals surface area contributed by atoms with E-state index in [1.54, 1.807) is 0 Å². The van der Waals surface area contributed by atoms with Gasteiger partial charge in [-0.15, -0.1) is 0 Å². The molecule has 0 spiro atoms. The molecule has 2 rings (SSSR count). The van der Waals surface area contributed by atoms with Crippen LogP contribution in [0.2, 0.25) is 0 Å². The number of carbonyl (C=O) groups is 1. The lowest BCUT2D eigenvalue weighted by molar-refractivity contribution is -0.0603. The molecule has 0 bridgehead atoms. The first-order chi connectivity index (χ1) is 10.8. The highest BCUT2D eigenvalue weighted by Crippen LogP contribution is 2.35. The van der Waals surface area contributed by atoms with E-state index in [0.717, 1.165) is 4.57 Å². The van der Waals surface area contributed by atoms with Crippen LogP contribution in [0.1, 0.15) is 6.23 Å². The van der Waals surface area contributed by atoms with Gasteiger partial charge in [-0.1, -0.05) is 0 Å². The molecule has 128 valence electrons. The second kappa shape index (κ2) is 7.06. The molecule has 1 aliphatic rings. The molecule has 1 unspecified atom stereocenters. The first-order valence-corrected chi connectivity index (χ1v) is 7.49. The van der Waals surface area contributed by atoms with Gasteiger partial charge in [-0.05, 0) is 6.07 Å². The maximum Gasteiger partial charge on any atom is 0.505 e. The highest BCUT2D eigenvalue weighted by atomic mass is 31.1. The van der Waals surface area contributed by atoms with Crippen molar-refractivity contribution in [1.82, 2.24) is 9.55 Å². The molecule has 5 N–H and O–H groups in total. The molecule has 5 atom stereocenters. The van der Waals surface area contributed by atoms with Crippen LogP contribution in [0.25, 0.3) is 0 Å². The number of nitrogens with two attached hydrogens (primary N) is 1. The molecular formula is C10H14N3O9P. The van der Waals surface area contributed by atoms with Gasteiger partial charge in [-0.3, -0.25) is 9.13 Å². The number of anilines is 1. The molecule has 0 aliphatic carbocycles. The Kier molecular flexibility index (Phi) is 5.34. The largest absolute Gasteiger partial charge is 0.505 e. The molecule has 1 saturated heterocycles. The first-order valence-electron chi connectivity index (χ1n) is 6.23. The Morgan fingerprint density at radius 3 is 2.83 bits per heavy atom. The predicted octanol–water partition coefficient (Wildman–Crippen LogP) is -1.45. The summed E-state index contributed by atoms with van der Waals surface area (Å²) in [7, 11) is -3.46. The third-order valence-electron chi connectivity index (χ3n) is 3.04. The molecule has 1 aromatic rings. The third kappa shape index (κ3) is 4.06. The average Bonchev–Trinajstić information content (AvgIpc) is 2.73. The zero-order valence-electron chi connectivity index (χ0n) is 11.4. The lowest BCUT2D eigenvalue weighted by Gasteiger charge is -2.18. The summed E-state index contributed by atoms with van der Waals surface area (Å²) in [5.74, 6) is -0.0438. The van der Waals surface area contributed by atoms with Gasteiger partial charge >= 0.3 is 20.1 Å². The van der Waals surface area contributed by atoms with E-state index in [9.17, 15) is 19.3 Å². The summed E-state index contributed by atoms with van der Waals surface area (Å²) in [6, 6.07) is 1.28. The van der Waals surface area contributed by atoms with Crippen LogP contribution in [0.3, 0.4) is 0 Å². The summed E-state index contributed by atoms with van der Waals surface area (Å²) in [6.07, 6.45) is -5.83. The first kappa shape index (κ1) is 17.4. The molecule has 2 heterocycles. The maximum absolute atomic E-state index is 11.8. The van der Waals surface area contributed by atoms with Crippen LogP contribution in [0.5, 0.6) is 0 Å². The number of ether oxygens (including phenoxy) is 2. The summed E-state index contributed by atoms with van der Waals surface area (Å²) in [6.45, 7) is -0.570. The van der Waals surface area contributed by atoms with Crippen LogP contribution in [0, 0.1) is 0 Å². The third-order valence-corrected chi connectivity index (χ3v) is 3.52. The molecule has 23 heavy (non-hydrogen) atoms. The predicted molar refractivity (Wildman–Crippen MR) is 72.9 cm³/mol. The fraction of sp³-hybridized carbons (Fsp3) is 0.500. The van der Waals surface area contributed by atoms with Gasteiger partial charge in [0, 0.05) is 6.20 Å². The topological polar surface area (TPSA) is 183 Å². The van der Waals surface area contributed by atoms with Crippen molar-refractivity contribution in [3.8, 4) is 0 Å². The van der Waals surface area contributed by atoms with Crippen molar-refractivity contribution in [2.75, 3.05) is 12.3 Å². The standard InChI is InChI=1S/C10H14N3O9P/c11-5-1-2-13(9(15)12-5)8-6(14)7(22-23(18)19)4(21-8)3-20-10(16)17/h1-2,4,6-8,14,23H,3H2,(H,16,17)(H,18,19)(H2,11,12,15)/t4-,6-,7-,8-/m1/s1. The Hall–Kier alpha value is -1.98. The van der Waals surface area contributed by atoms with E-state index in [-0.39, 0.29) is 5.82 Å². The number of aliphatic hydroxyl groups is 1. The normalized spacial score (nSPS) is 28.4. The Balaban J connectivity index is 2.26. The SMILES string of the molecule is Nc1ccn([C@@H]2O[C@H](COC(=O)O)[C@@H](O[PH](=O)O)[C@H]2O)c(=O)n1. The fourth-order valence-corrected chi connectivity index (χ4v) is 2.64. The van der Waals surface area contributed by atoms with Gasteiger partial charge in [0.1, 0.15) is 30.7 Å². The summed E-state index contributed by atoms with van der Waals surface area (Å²) in [4.78, 5) is 34.6. The summed E-state index contributed by atoms with van der Waals surface area (Å²) >= 11 is 0. The Morgan fingerprint density at radius 1 is 1.57 bits per heavy atom. The van der Waals surface area contributed by atoms with Gasteiger partial charge in [-0.25, -0.2) is 9.59 Å². The van der Waals surface area contributed by atoms with Crippen LogP contribution in [-0.4, -0.2) is 55.7 Å². The van der Waals surface area contributed by atoms with Crippen molar-refractivity contribution in [3.63, 3.8) is 0 Å². The van der Waals surface area contributed by atoms with Gasteiger partial charge in [0.15, 0.2) is 6.23 Å². The average molecular weight is 351 g/mol. The van der Waals surface area contributed by atoms with Crippen LogP contribution >= 0.6 is 8.25 Å². The van der Waals surface area contributed by atoms with Crippen molar-refractivity contribution in [3.05, 3.63) is 22.7 Å². The number of hydrogen-bond acceptors (Lipinski definition) is 9. The van der Waals surface area contributed by atoms with E-state index in [0.29, 0.717) is 0 Å². The Labute approximate surface area is 129 Å². The molecule has 0 aromatic carbocycles. The minimum absolute atomic E-state index is 0.0438. The van der Waals surface area contributed by atoms with Crippen molar-refractivity contribution in [2.45, 2.75) is 24.5 Å². The summed E-state index contributed by atoms with van der Waals surface area (Å²) < 4.78 is 26.1. The summed E-state index contributed by atoms with van der Waals surface area (Å²) in [5, 5.41) is 18.7. The van der Waals surface area contributed by atoms with Gasteiger partial charge in [-0.2, -0.15) is 4.98 Å². The fourth-order valence-electron chi connectivity index (χ4n) is 2.12. The number of nitrogens with zero attached hydrogens (tertiary/aromatic N) is 2. The smallest absolute Gasteiger partial charge is 0.450 e. The molecule has 1 aliphatic heterocycles. The van der Waals surface area contributed by atoms with E-state index >= 15 is 0 Å². The number of nitrogen functional groups attached to an aromatic ring is 1. The van der Waals surface area contributed by atoms with Crippen LogP contribution in [0.4, 0.5) is 10.6 Å². The maximum atomic E-state index is 11.8. The van der Waals surface area contributed by atoms with E-state index < -0.39 is 51.2 Å². The lowest BCUT2D eigenvalue weighted by atomic mass is 10.1. The molecule has 0 radical (unpaired) electrons. The number of hydrogen-bond donors (Lipinski definition) is 4. The zero-order valence-corrected chi connectivity index (χ0v) is 12.4. The van der Waals surface area contributed by atoms with E-state index in [1.165, 1.54) is 12.3 Å². The van der Waals surface area contributed by atoms with Crippen LogP contribution in [0.15, 0.2) is 17.1 Å². The quantitative estimate of drug-likeness (QED) is 0.359. The van der Waals surface area contributed by atoms with E-state index in [4.69, 9.17) is 20.5 Å². The van der Waals surface area contributed by atoms with Gasteiger partial charge in [0.2, 0.25) is 0 Å². The van der Waals surface area contributed by atoms with Gasteiger partial charge in [0.05, 0.1) is 0 Å². The monoisotopic (exact) mass is 351 g/mol. The van der Waals surface area contributed by atoms with Gasteiger partial charge < -0.3 is 34.8 Å². The van der Waals surface area contributed by atoms with Crippen molar-refractivity contribution in [1.29, 1.82) is 0 Å². The van der Waals surface area contributed by atoms with Crippen molar-refractivity contribution < 1.29 is 38.5 Å². The molecule has 13 heteroatoms. The van der Waals surface area contributed by atoms with E-state index in [1.807, 2.05) is 0 Å². The van der Waals surface area contributed by atoms with Crippen LogP contribution < -0.4 is 11.4 Å². The second-order valence-corrected chi connectivity index (χ2v) is 5.29. The molecule has 0 amide bonds. The lowest BCUT2D eigenvalue weighted by Crippen LogP contribution is -2.37. The molecule has 1 aromatic heterocycles. The summed E-state index contributed by atoms with van der Waals surface area (Å²) in [5.41, 5.74) is 4.52. The number of rotatable bonds is 5. The number of carboxylic acid groups (broad SMARTS) is 1. The molecular weight excluding hydrogens is 337 g/mol. The van der Waals surface area contributed by atoms with Crippen molar-refractivity contribution in [2.24, 2.45) is 0 Å². The van der Waals surface area contributed by atoms with Gasteiger partial charge in [0.25, 0.3) is 0 Å². The van der Waals surface area contributed by atoms with E-state index in [2.05, 4.69) is 14.2 Å². The Morgan fingerprint density at radius 2 is 2.26 bits per heavy atom. The second-order valence-electron chi connectivity index (χ2n) is 4.52. The highest BCUT2D eigenvalue weighted by molar-refractivity contribution is 7.32. The van der Waals surface area contributed by atoms with Crippen molar-refractivity contribution >= 4 is 20.2 Å².